The van der Waals surface area contributed by atoms with Crippen molar-refractivity contribution in [2.45, 2.75) is 12.8 Å². The zero-order valence-electron chi connectivity index (χ0n) is 7.22. The van der Waals surface area contributed by atoms with E-state index < -0.39 is 0 Å². The lowest BCUT2D eigenvalue weighted by atomic mass is 10.0. The second kappa shape index (κ2) is 3.37. The van der Waals surface area contributed by atoms with Crippen LogP contribution in [0.15, 0.2) is 29.5 Å². The molecule has 1 aliphatic heterocycles. The molecule has 0 aromatic heterocycles. The molecule has 0 saturated carbocycles. The van der Waals surface area contributed by atoms with Crippen LogP contribution in [0.4, 0.5) is 5.69 Å². The quantitative estimate of drug-likeness (QED) is 0.367. The van der Waals surface area contributed by atoms with Crippen molar-refractivity contribution < 1.29 is 0 Å². The predicted octanol–water partition coefficient (Wildman–Crippen LogP) is 2.66. The number of hydrogen-bond acceptors (Lipinski definition) is 1. The zero-order chi connectivity index (χ0) is 9.10. The molecule has 0 N–H and O–H groups in total. The van der Waals surface area contributed by atoms with Crippen molar-refractivity contribution in [1.29, 1.82) is 0 Å². The van der Waals surface area contributed by atoms with Gasteiger partial charge in [0.1, 0.15) is 5.69 Å². The molecule has 2 rings (SSSR count). The maximum Gasteiger partial charge on any atom is 0.133 e. The molecule has 0 atom stereocenters. The second-order valence-electron chi connectivity index (χ2n) is 3.03. The molecule has 0 spiro atoms. The third kappa shape index (κ3) is 1.44. The molecule has 1 heterocycles. The standard InChI is InChI=1S/C9H10N4/c10-11-12-13-7-3-5-8-4-1-2-6-9(8)13/h1-2,4,6H,3,5,7H2. The van der Waals surface area contributed by atoms with Gasteiger partial charge in [0, 0.05) is 0 Å². The minimum absolute atomic E-state index is 0.821. The molecule has 1 aromatic rings. The van der Waals surface area contributed by atoms with Crippen molar-refractivity contribution in [2.75, 3.05) is 11.6 Å². The summed E-state index contributed by atoms with van der Waals surface area (Å²) in [7, 11) is 0. The molecule has 0 amide bonds. The average Bonchev–Trinajstić information content (AvgIpc) is 2.19. The lowest BCUT2D eigenvalue weighted by Crippen LogP contribution is -2.22. The van der Waals surface area contributed by atoms with Crippen LogP contribution >= 0.6 is 0 Å². The molecule has 0 bridgehead atoms. The van der Waals surface area contributed by atoms with Gasteiger partial charge in [-0.2, -0.15) is 4.91 Å². The number of fused-ring (bicyclic) bond motifs is 1. The van der Waals surface area contributed by atoms with Crippen LogP contribution in [0.2, 0.25) is 0 Å². The monoisotopic (exact) mass is 174 g/mol. The summed E-state index contributed by atoms with van der Waals surface area (Å²) >= 11 is 0. The molecular formula is C9H10N4. The van der Waals surface area contributed by atoms with Gasteiger partial charge in [-0.3, -0.25) is 0 Å². The van der Waals surface area contributed by atoms with Crippen molar-refractivity contribution in [3.63, 3.8) is 0 Å². The van der Waals surface area contributed by atoms with Crippen molar-refractivity contribution in [2.24, 2.45) is 5.22 Å². The Morgan fingerprint density at radius 2 is 2.23 bits per heavy atom. The second-order valence-corrected chi connectivity index (χ2v) is 3.03. The van der Waals surface area contributed by atoms with Gasteiger partial charge >= 0.3 is 0 Å². The van der Waals surface area contributed by atoms with Gasteiger partial charge in [-0.1, -0.05) is 18.2 Å². The van der Waals surface area contributed by atoms with Gasteiger partial charge in [-0.05, 0) is 29.7 Å². The Balaban J connectivity index is 2.42. The molecule has 66 valence electrons. The Hall–Kier alpha value is -1.67. The number of hydrogen-bond donors (Lipinski definition) is 0. The van der Waals surface area contributed by atoms with Gasteiger partial charge in [-0.25, -0.2) is 5.01 Å². The largest absolute Gasteiger partial charge is 0.213 e. The number of aryl methyl sites for hydroxylation is 1. The van der Waals surface area contributed by atoms with Crippen LogP contribution in [0.1, 0.15) is 12.0 Å². The molecule has 4 nitrogen and oxygen atoms in total. The van der Waals surface area contributed by atoms with Crippen LogP contribution in [0.3, 0.4) is 0 Å². The summed E-state index contributed by atoms with van der Waals surface area (Å²) in [5, 5.41) is 5.36. The predicted molar refractivity (Wildman–Crippen MR) is 51.3 cm³/mol. The number of benzene rings is 1. The number of azide groups is 1. The van der Waals surface area contributed by atoms with Crippen molar-refractivity contribution in [3.8, 4) is 0 Å². The van der Waals surface area contributed by atoms with E-state index in [1.807, 2.05) is 18.2 Å². The van der Waals surface area contributed by atoms with Crippen LogP contribution in [0.25, 0.3) is 10.4 Å². The Kier molecular flexibility index (Phi) is 2.06. The molecular weight excluding hydrogens is 164 g/mol. The van der Waals surface area contributed by atoms with E-state index >= 15 is 0 Å². The Morgan fingerprint density at radius 3 is 3.08 bits per heavy atom. The highest BCUT2D eigenvalue weighted by Crippen LogP contribution is 2.26. The minimum Gasteiger partial charge on any atom is -0.213 e. The molecule has 1 aromatic carbocycles. The van der Waals surface area contributed by atoms with E-state index in [1.54, 1.807) is 5.01 Å². The van der Waals surface area contributed by atoms with Crippen LogP contribution in [0.5, 0.6) is 0 Å². The van der Waals surface area contributed by atoms with E-state index in [4.69, 9.17) is 5.53 Å². The van der Waals surface area contributed by atoms with E-state index in [0.717, 1.165) is 25.1 Å². The number of para-hydroxylation sites is 1. The maximum atomic E-state index is 8.36. The van der Waals surface area contributed by atoms with Crippen molar-refractivity contribution in [1.82, 2.24) is 0 Å². The topological polar surface area (TPSA) is 52.0 Å². The lowest BCUT2D eigenvalue weighted by Gasteiger charge is -2.21. The molecule has 0 saturated heterocycles. The van der Waals surface area contributed by atoms with Gasteiger partial charge in [0.25, 0.3) is 0 Å². The minimum atomic E-state index is 0.821. The maximum absolute atomic E-state index is 8.36. The highest BCUT2D eigenvalue weighted by Gasteiger charge is 2.18. The fourth-order valence-electron chi connectivity index (χ4n) is 1.65. The average molecular weight is 174 g/mol. The summed E-state index contributed by atoms with van der Waals surface area (Å²) in [6, 6.07) is 8.04. The first kappa shape index (κ1) is 7.95. The van der Waals surface area contributed by atoms with Gasteiger partial charge in [-0.15, -0.1) is 5.53 Å². The summed E-state index contributed by atoms with van der Waals surface area (Å²) in [4.78, 5) is 2.81. The highest BCUT2D eigenvalue weighted by atomic mass is 15.5. The fourth-order valence-corrected chi connectivity index (χ4v) is 1.65. The number of nitrogens with zero attached hydrogens (tertiary/aromatic N) is 4. The Labute approximate surface area is 76.4 Å². The Bertz CT molecular complexity index is 354. The summed E-state index contributed by atoms with van der Waals surface area (Å²) < 4.78 is 0. The molecule has 0 unspecified atom stereocenters. The molecule has 0 aliphatic carbocycles. The normalized spacial score (nSPS) is 14.6. The van der Waals surface area contributed by atoms with Crippen LogP contribution in [-0.2, 0) is 6.42 Å². The van der Waals surface area contributed by atoms with Gasteiger partial charge < -0.3 is 0 Å². The van der Waals surface area contributed by atoms with E-state index in [0.29, 0.717) is 0 Å². The molecule has 0 fully saturated rings. The van der Waals surface area contributed by atoms with Crippen molar-refractivity contribution >= 4 is 5.69 Å². The third-order valence-corrected chi connectivity index (χ3v) is 2.23. The smallest absolute Gasteiger partial charge is 0.133 e. The van der Waals surface area contributed by atoms with Gasteiger partial charge in [0.15, 0.2) is 0 Å². The first-order chi connectivity index (χ1) is 6.42. The third-order valence-electron chi connectivity index (χ3n) is 2.23. The van der Waals surface area contributed by atoms with Gasteiger partial charge in [0.05, 0.1) is 6.54 Å². The van der Waals surface area contributed by atoms with E-state index in [1.165, 1.54) is 5.56 Å². The Morgan fingerprint density at radius 1 is 1.38 bits per heavy atom. The number of anilines is 1. The lowest BCUT2D eigenvalue weighted by molar-refractivity contribution is 0.710. The van der Waals surface area contributed by atoms with Crippen LogP contribution in [-0.4, -0.2) is 6.54 Å². The van der Waals surface area contributed by atoms with E-state index in [9.17, 15) is 0 Å². The molecule has 4 heteroatoms. The molecule has 1 aliphatic rings. The molecule has 0 radical (unpaired) electrons. The summed E-state index contributed by atoms with van der Waals surface area (Å²) in [6.07, 6.45) is 2.13. The summed E-state index contributed by atoms with van der Waals surface area (Å²) in [5.41, 5.74) is 10.7. The van der Waals surface area contributed by atoms with Crippen LogP contribution in [0, 0.1) is 0 Å². The summed E-state index contributed by atoms with van der Waals surface area (Å²) in [5.74, 6) is 0. The SMILES string of the molecule is [N-]=[N+]=NN1CCCc2ccccc21. The van der Waals surface area contributed by atoms with E-state index in [-0.39, 0.29) is 0 Å². The van der Waals surface area contributed by atoms with E-state index in [2.05, 4.69) is 16.2 Å². The van der Waals surface area contributed by atoms with Gasteiger partial charge in [0.2, 0.25) is 0 Å². The highest BCUT2D eigenvalue weighted by molar-refractivity contribution is 5.54. The zero-order valence-corrected chi connectivity index (χ0v) is 7.22. The summed E-state index contributed by atoms with van der Waals surface area (Å²) in [6.45, 7) is 0.821. The first-order valence-corrected chi connectivity index (χ1v) is 4.32. The first-order valence-electron chi connectivity index (χ1n) is 4.32. The van der Waals surface area contributed by atoms with Crippen molar-refractivity contribution in [3.05, 3.63) is 40.3 Å². The fraction of sp³-hybridized carbons (Fsp3) is 0.333. The molecule has 13 heavy (non-hydrogen) atoms. The number of rotatable bonds is 1. The van der Waals surface area contributed by atoms with Crippen LogP contribution < -0.4 is 5.01 Å².